The number of aliphatic imine (C=N–C) groups is 1. The van der Waals surface area contributed by atoms with Gasteiger partial charge in [0.25, 0.3) is 5.91 Å². The predicted octanol–water partition coefficient (Wildman–Crippen LogP) is 1.33. The Kier molecular flexibility index (Phi) is 13.0. The molecule has 0 fully saturated rings. The lowest BCUT2D eigenvalue weighted by atomic mass is 10.2. The number of phenolic OH excluding ortho intramolecular Hbond substituents is 1. The average Bonchev–Trinajstić information content (AvgIpc) is 2.55. The number of nitrogens with one attached hydrogen (secondary N) is 3. The lowest BCUT2D eigenvalue weighted by molar-refractivity contribution is 0.0951. The van der Waals surface area contributed by atoms with Crippen LogP contribution in [0.15, 0.2) is 29.3 Å². The Bertz CT molecular complexity index is 512. The Morgan fingerprint density at radius 2 is 1.88 bits per heavy atom. The topological polar surface area (TPSA) is 95.0 Å². The number of halogens is 1. The fraction of sp³-hybridized carbons (Fsp3) is 0.500. The van der Waals surface area contributed by atoms with E-state index in [9.17, 15) is 9.90 Å². The number of amides is 1. The molecule has 0 aliphatic carbocycles. The van der Waals surface area contributed by atoms with Gasteiger partial charge in [-0.1, -0.05) is 12.1 Å². The van der Waals surface area contributed by atoms with Crippen LogP contribution in [0.2, 0.25) is 0 Å². The SMILES string of the molecule is CCNC(=NCCOCC)NCCNC(=O)c1ccccc1O.I. The number of carbonyl (C=O) groups excluding carboxylic acids is 1. The number of nitrogens with zero attached hydrogens (tertiary/aromatic N) is 1. The van der Waals surface area contributed by atoms with E-state index in [1.807, 2.05) is 13.8 Å². The lowest BCUT2D eigenvalue weighted by Gasteiger charge is -2.12. The molecule has 0 saturated heterocycles. The van der Waals surface area contributed by atoms with Gasteiger partial charge >= 0.3 is 0 Å². The van der Waals surface area contributed by atoms with Crippen LogP contribution in [-0.2, 0) is 4.74 Å². The maximum Gasteiger partial charge on any atom is 0.255 e. The van der Waals surface area contributed by atoms with E-state index in [4.69, 9.17) is 4.74 Å². The van der Waals surface area contributed by atoms with Gasteiger partial charge in [-0.3, -0.25) is 9.79 Å². The van der Waals surface area contributed by atoms with Gasteiger partial charge in [0.15, 0.2) is 5.96 Å². The Hall–Kier alpha value is -1.55. The largest absolute Gasteiger partial charge is 0.507 e. The number of carbonyl (C=O) groups is 1. The highest BCUT2D eigenvalue weighted by Crippen LogP contribution is 2.14. The van der Waals surface area contributed by atoms with Gasteiger partial charge in [-0.15, -0.1) is 24.0 Å². The number of ether oxygens (including phenoxy) is 1. The number of hydrogen-bond acceptors (Lipinski definition) is 4. The summed E-state index contributed by atoms with van der Waals surface area (Å²) in [6.07, 6.45) is 0. The minimum Gasteiger partial charge on any atom is -0.507 e. The highest BCUT2D eigenvalue weighted by Gasteiger charge is 2.08. The fourth-order valence-electron chi connectivity index (χ4n) is 1.83. The highest BCUT2D eigenvalue weighted by atomic mass is 127. The van der Waals surface area contributed by atoms with Crippen molar-refractivity contribution in [2.75, 3.05) is 39.4 Å². The third-order valence-corrected chi connectivity index (χ3v) is 2.91. The number of rotatable bonds is 9. The van der Waals surface area contributed by atoms with Crippen LogP contribution in [0.4, 0.5) is 0 Å². The maximum atomic E-state index is 11.9. The molecule has 0 unspecified atom stereocenters. The van der Waals surface area contributed by atoms with E-state index >= 15 is 0 Å². The van der Waals surface area contributed by atoms with Crippen molar-refractivity contribution in [2.45, 2.75) is 13.8 Å². The first-order chi connectivity index (χ1) is 11.2. The van der Waals surface area contributed by atoms with E-state index in [0.717, 1.165) is 6.54 Å². The Morgan fingerprint density at radius 1 is 1.17 bits per heavy atom. The van der Waals surface area contributed by atoms with Crippen molar-refractivity contribution >= 4 is 35.8 Å². The molecular formula is C16H27IN4O3. The first kappa shape index (κ1) is 22.4. The molecule has 0 atom stereocenters. The monoisotopic (exact) mass is 450 g/mol. The third-order valence-electron chi connectivity index (χ3n) is 2.91. The molecule has 0 radical (unpaired) electrons. The smallest absolute Gasteiger partial charge is 0.255 e. The standard InChI is InChI=1S/C16H26N4O3.HI/c1-3-17-16(20-11-12-23-4-2)19-10-9-18-15(22)13-7-5-6-8-14(13)21;/h5-8,21H,3-4,9-12H2,1-2H3,(H,18,22)(H2,17,19,20);1H. The molecule has 1 aromatic rings. The molecule has 0 aliphatic rings. The number of hydrogen-bond donors (Lipinski definition) is 4. The molecule has 1 rings (SSSR count). The van der Waals surface area contributed by atoms with Crippen LogP contribution in [0.25, 0.3) is 0 Å². The summed E-state index contributed by atoms with van der Waals surface area (Å²) in [6.45, 7) is 7.47. The zero-order valence-electron chi connectivity index (χ0n) is 14.2. The number of benzene rings is 1. The van der Waals surface area contributed by atoms with Crippen molar-refractivity contribution in [3.63, 3.8) is 0 Å². The predicted molar refractivity (Wildman–Crippen MR) is 106 cm³/mol. The van der Waals surface area contributed by atoms with E-state index < -0.39 is 0 Å². The molecule has 0 aromatic heterocycles. The molecule has 0 spiro atoms. The summed E-state index contributed by atoms with van der Waals surface area (Å²) in [7, 11) is 0. The molecule has 0 heterocycles. The molecule has 4 N–H and O–H groups in total. The van der Waals surface area contributed by atoms with Gasteiger partial charge in [-0.05, 0) is 26.0 Å². The summed E-state index contributed by atoms with van der Waals surface area (Å²) in [6, 6.07) is 6.45. The fourth-order valence-corrected chi connectivity index (χ4v) is 1.83. The molecular weight excluding hydrogens is 423 g/mol. The minimum absolute atomic E-state index is 0. The van der Waals surface area contributed by atoms with Gasteiger partial charge in [0.1, 0.15) is 5.75 Å². The summed E-state index contributed by atoms with van der Waals surface area (Å²) >= 11 is 0. The Balaban J connectivity index is 0.00000529. The van der Waals surface area contributed by atoms with Gasteiger partial charge in [0.05, 0.1) is 18.7 Å². The van der Waals surface area contributed by atoms with Crippen molar-refractivity contribution in [2.24, 2.45) is 4.99 Å². The van der Waals surface area contributed by atoms with Crippen molar-refractivity contribution in [1.29, 1.82) is 0 Å². The molecule has 7 nitrogen and oxygen atoms in total. The van der Waals surface area contributed by atoms with E-state index in [1.165, 1.54) is 6.07 Å². The van der Waals surface area contributed by atoms with E-state index in [0.29, 0.717) is 38.8 Å². The van der Waals surface area contributed by atoms with Crippen LogP contribution in [0.5, 0.6) is 5.75 Å². The van der Waals surface area contributed by atoms with Crippen LogP contribution in [0.1, 0.15) is 24.2 Å². The summed E-state index contributed by atoms with van der Waals surface area (Å²) in [5.41, 5.74) is 0.268. The second-order valence-corrected chi connectivity index (χ2v) is 4.66. The first-order valence-electron chi connectivity index (χ1n) is 7.85. The molecule has 136 valence electrons. The van der Waals surface area contributed by atoms with E-state index in [-0.39, 0.29) is 41.2 Å². The third kappa shape index (κ3) is 8.92. The lowest BCUT2D eigenvalue weighted by Crippen LogP contribution is -2.41. The van der Waals surface area contributed by atoms with Crippen molar-refractivity contribution < 1.29 is 14.6 Å². The Labute approximate surface area is 160 Å². The minimum atomic E-state index is -0.303. The molecule has 24 heavy (non-hydrogen) atoms. The van der Waals surface area contributed by atoms with Crippen LogP contribution < -0.4 is 16.0 Å². The second-order valence-electron chi connectivity index (χ2n) is 4.66. The van der Waals surface area contributed by atoms with Crippen molar-refractivity contribution in [3.8, 4) is 5.75 Å². The average molecular weight is 450 g/mol. The molecule has 0 saturated carbocycles. The van der Waals surface area contributed by atoms with Gasteiger partial charge < -0.3 is 25.8 Å². The summed E-state index contributed by atoms with van der Waals surface area (Å²) < 4.78 is 5.24. The molecule has 1 amide bonds. The number of aromatic hydroxyl groups is 1. The molecule has 8 heteroatoms. The second kappa shape index (κ2) is 13.8. The van der Waals surface area contributed by atoms with E-state index in [2.05, 4.69) is 20.9 Å². The van der Waals surface area contributed by atoms with Crippen LogP contribution in [0, 0.1) is 0 Å². The summed E-state index contributed by atoms with van der Waals surface area (Å²) in [5.74, 6) is 0.357. The maximum absolute atomic E-state index is 11.9. The number of para-hydroxylation sites is 1. The van der Waals surface area contributed by atoms with Gasteiger partial charge in [-0.25, -0.2) is 0 Å². The first-order valence-corrected chi connectivity index (χ1v) is 7.85. The normalized spacial score (nSPS) is 10.7. The van der Waals surface area contributed by atoms with Gasteiger partial charge in [-0.2, -0.15) is 0 Å². The zero-order chi connectivity index (χ0) is 16.9. The number of guanidine groups is 1. The van der Waals surface area contributed by atoms with Crippen LogP contribution >= 0.6 is 24.0 Å². The van der Waals surface area contributed by atoms with Crippen molar-refractivity contribution in [1.82, 2.24) is 16.0 Å². The van der Waals surface area contributed by atoms with Gasteiger partial charge in [0, 0.05) is 26.2 Å². The van der Waals surface area contributed by atoms with Crippen molar-refractivity contribution in [3.05, 3.63) is 29.8 Å². The number of phenols is 1. The van der Waals surface area contributed by atoms with Crippen LogP contribution in [0.3, 0.4) is 0 Å². The molecule has 0 aliphatic heterocycles. The quantitative estimate of drug-likeness (QED) is 0.197. The molecule has 0 bridgehead atoms. The summed E-state index contributed by atoms with van der Waals surface area (Å²) in [4.78, 5) is 16.3. The van der Waals surface area contributed by atoms with E-state index in [1.54, 1.807) is 18.2 Å². The van der Waals surface area contributed by atoms with Crippen LogP contribution in [-0.4, -0.2) is 56.4 Å². The Morgan fingerprint density at radius 3 is 2.54 bits per heavy atom. The van der Waals surface area contributed by atoms with Gasteiger partial charge in [0.2, 0.25) is 0 Å². The highest BCUT2D eigenvalue weighted by molar-refractivity contribution is 14.0. The summed E-state index contributed by atoms with van der Waals surface area (Å²) in [5, 5.41) is 18.6. The molecule has 1 aromatic carbocycles. The zero-order valence-corrected chi connectivity index (χ0v) is 16.5.